The molecule has 0 radical (unpaired) electrons. The predicted octanol–water partition coefficient (Wildman–Crippen LogP) is 3.48. The van der Waals surface area contributed by atoms with E-state index in [1.54, 1.807) is 23.9 Å². The second-order valence-corrected chi connectivity index (χ2v) is 6.99. The third-order valence-electron chi connectivity index (χ3n) is 3.19. The first kappa shape index (κ1) is 18.5. The van der Waals surface area contributed by atoms with Crippen molar-refractivity contribution in [2.45, 2.75) is 11.3 Å². The quantitative estimate of drug-likeness (QED) is 0.521. The van der Waals surface area contributed by atoms with Gasteiger partial charge in [0.15, 0.2) is 0 Å². The van der Waals surface area contributed by atoms with E-state index in [4.69, 9.17) is 0 Å². The lowest BCUT2D eigenvalue weighted by atomic mass is 10.2. The van der Waals surface area contributed by atoms with Crippen LogP contribution in [0.1, 0.15) is 16.8 Å². The van der Waals surface area contributed by atoms with E-state index >= 15 is 0 Å². The van der Waals surface area contributed by atoms with Gasteiger partial charge >= 0.3 is 0 Å². The molecule has 0 aromatic heterocycles. The molecule has 2 aromatic rings. The second-order valence-electron chi connectivity index (χ2n) is 5.00. The minimum absolute atomic E-state index is 0.0106. The number of thioether (sulfide) groups is 1. The average molecular weight is 407 g/mol. The number of rotatable bonds is 8. The number of carbonyl (C=O) groups is 2. The predicted molar refractivity (Wildman–Crippen MR) is 101 cm³/mol. The van der Waals surface area contributed by atoms with Crippen molar-refractivity contribution in [3.63, 3.8) is 0 Å². The van der Waals surface area contributed by atoms with Gasteiger partial charge < -0.3 is 10.6 Å². The summed E-state index contributed by atoms with van der Waals surface area (Å²) < 4.78 is 1.04. The van der Waals surface area contributed by atoms with E-state index in [1.807, 2.05) is 42.5 Å². The van der Waals surface area contributed by atoms with Crippen LogP contribution >= 0.6 is 27.7 Å². The molecule has 0 atom stereocenters. The van der Waals surface area contributed by atoms with Gasteiger partial charge in [0.25, 0.3) is 5.91 Å². The molecular formula is C18H19BrN2O2S. The molecule has 0 spiro atoms. The Bertz CT molecular complexity index is 680. The molecule has 0 bridgehead atoms. The summed E-state index contributed by atoms with van der Waals surface area (Å²) in [6.07, 6.45) is 0.443. The average Bonchev–Trinajstić information content (AvgIpc) is 2.61. The van der Waals surface area contributed by atoms with E-state index in [1.165, 1.54) is 0 Å². The molecule has 2 amide bonds. The lowest BCUT2D eigenvalue weighted by molar-refractivity contribution is -0.120. The van der Waals surface area contributed by atoms with Gasteiger partial charge in [-0.3, -0.25) is 9.59 Å². The third kappa shape index (κ3) is 6.37. The Morgan fingerprint density at radius 3 is 2.33 bits per heavy atom. The fraction of sp³-hybridized carbons (Fsp3) is 0.222. The molecule has 2 N–H and O–H groups in total. The van der Waals surface area contributed by atoms with Crippen molar-refractivity contribution in [2.75, 3.05) is 18.8 Å². The van der Waals surface area contributed by atoms with Crippen LogP contribution in [0.2, 0.25) is 0 Å². The van der Waals surface area contributed by atoms with Gasteiger partial charge in [-0.05, 0) is 40.2 Å². The Labute approximate surface area is 154 Å². The van der Waals surface area contributed by atoms with Crippen molar-refractivity contribution in [2.24, 2.45) is 0 Å². The normalized spacial score (nSPS) is 10.2. The zero-order chi connectivity index (χ0) is 17.2. The number of carbonyl (C=O) groups excluding carboxylic acids is 2. The summed E-state index contributed by atoms with van der Waals surface area (Å²) in [6.45, 7) is 0.841. The molecule has 2 rings (SSSR count). The lowest BCUT2D eigenvalue weighted by Crippen LogP contribution is -2.34. The van der Waals surface area contributed by atoms with Crippen molar-refractivity contribution in [3.05, 3.63) is 64.6 Å². The highest BCUT2D eigenvalue weighted by Gasteiger charge is 2.05. The molecule has 0 aliphatic heterocycles. The minimum atomic E-state index is -0.130. The third-order valence-corrected chi connectivity index (χ3v) is 5.22. The topological polar surface area (TPSA) is 58.2 Å². The zero-order valence-electron chi connectivity index (χ0n) is 13.1. The van der Waals surface area contributed by atoms with Crippen molar-refractivity contribution >= 4 is 39.5 Å². The summed E-state index contributed by atoms with van der Waals surface area (Å²) in [4.78, 5) is 24.7. The first-order valence-corrected chi connectivity index (χ1v) is 9.42. The van der Waals surface area contributed by atoms with Gasteiger partial charge in [-0.25, -0.2) is 0 Å². The molecule has 0 fully saturated rings. The molecule has 0 saturated carbocycles. The van der Waals surface area contributed by atoms with Crippen molar-refractivity contribution in [1.29, 1.82) is 0 Å². The molecule has 0 aliphatic rings. The number of nitrogens with one attached hydrogen (secondary N) is 2. The Hall–Kier alpha value is -1.79. The molecule has 4 nitrogen and oxygen atoms in total. The summed E-state index contributed by atoms with van der Waals surface area (Å²) in [5.74, 6) is 0.572. The number of benzene rings is 2. The number of hydrogen-bond donors (Lipinski definition) is 2. The van der Waals surface area contributed by atoms with Gasteiger partial charge in [0.1, 0.15) is 0 Å². The van der Waals surface area contributed by atoms with Gasteiger partial charge in [0.2, 0.25) is 5.91 Å². The second kappa shape index (κ2) is 10.2. The molecule has 0 heterocycles. The maximum absolute atomic E-state index is 11.8. The fourth-order valence-electron chi connectivity index (χ4n) is 1.97. The van der Waals surface area contributed by atoms with Gasteiger partial charge in [0.05, 0.1) is 0 Å². The Morgan fingerprint density at radius 2 is 1.58 bits per heavy atom. The van der Waals surface area contributed by atoms with E-state index in [-0.39, 0.29) is 11.8 Å². The molecule has 2 aromatic carbocycles. The van der Waals surface area contributed by atoms with Crippen LogP contribution in [0.25, 0.3) is 0 Å². The number of hydrogen-bond acceptors (Lipinski definition) is 3. The molecular weight excluding hydrogens is 388 g/mol. The van der Waals surface area contributed by atoms with Crippen LogP contribution < -0.4 is 10.6 Å². The molecule has 126 valence electrons. The van der Waals surface area contributed by atoms with Gasteiger partial charge in [-0.15, -0.1) is 11.8 Å². The van der Waals surface area contributed by atoms with E-state index in [0.717, 1.165) is 9.37 Å². The molecule has 0 unspecified atom stereocenters. The summed E-state index contributed by atoms with van der Waals surface area (Å²) in [7, 11) is 0. The molecule has 0 aliphatic carbocycles. The highest BCUT2D eigenvalue weighted by atomic mass is 79.9. The maximum atomic E-state index is 11.8. The van der Waals surface area contributed by atoms with Crippen molar-refractivity contribution < 1.29 is 9.59 Å². The van der Waals surface area contributed by atoms with E-state index in [0.29, 0.717) is 30.8 Å². The van der Waals surface area contributed by atoms with Crippen LogP contribution in [0.5, 0.6) is 0 Å². The van der Waals surface area contributed by atoms with E-state index in [9.17, 15) is 9.59 Å². The summed E-state index contributed by atoms with van der Waals surface area (Å²) in [5.41, 5.74) is 0.619. The standard InChI is InChI=1S/C18H19BrN2O2S/c19-15-8-4-5-9-16(15)24-13-10-17(22)20-11-12-21-18(23)14-6-2-1-3-7-14/h1-9H,10-13H2,(H,20,22)(H,21,23). The molecule has 24 heavy (non-hydrogen) atoms. The van der Waals surface area contributed by atoms with Crippen LogP contribution in [0.3, 0.4) is 0 Å². The molecule has 0 saturated heterocycles. The lowest BCUT2D eigenvalue weighted by Gasteiger charge is -2.07. The van der Waals surface area contributed by atoms with Crippen molar-refractivity contribution in [1.82, 2.24) is 10.6 Å². The van der Waals surface area contributed by atoms with E-state index < -0.39 is 0 Å². The minimum Gasteiger partial charge on any atom is -0.354 e. The van der Waals surface area contributed by atoms with Crippen LogP contribution in [0.15, 0.2) is 64.0 Å². The smallest absolute Gasteiger partial charge is 0.251 e. The zero-order valence-corrected chi connectivity index (χ0v) is 15.5. The highest BCUT2D eigenvalue weighted by molar-refractivity contribution is 9.10. The van der Waals surface area contributed by atoms with Crippen LogP contribution in [-0.2, 0) is 4.79 Å². The largest absolute Gasteiger partial charge is 0.354 e. The fourth-order valence-corrected chi connectivity index (χ4v) is 3.49. The monoisotopic (exact) mass is 406 g/mol. The van der Waals surface area contributed by atoms with Gasteiger partial charge in [-0.1, -0.05) is 30.3 Å². The number of amides is 2. The molecule has 6 heteroatoms. The first-order valence-electron chi connectivity index (χ1n) is 7.64. The maximum Gasteiger partial charge on any atom is 0.251 e. The van der Waals surface area contributed by atoms with Crippen LogP contribution in [0, 0.1) is 0 Å². The van der Waals surface area contributed by atoms with Crippen molar-refractivity contribution in [3.8, 4) is 0 Å². The Balaban J connectivity index is 1.58. The van der Waals surface area contributed by atoms with Crippen LogP contribution in [0.4, 0.5) is 0 Å². The summed E-state index contributed by atoms with van der Waals surface area (Å²) in [5, 5.41) is 5.59. The SMILES string of the molecule is O=C(CCSc1ccccc1Br)NCCNC(=O)c1ccccc1. The van der Waals surface area contributed by atoms with Crippen LogP contribution in [-0.4, -0.2) is 30.7 Å². The number of halogens is 1. The first-order chi connectivity index (χ1) is 11.7. The highest BCUT2D eigenvalue weighted by Crippen LogP contribution is 2.27. The van der Waals surface area contributed by atoms with Gasteiger partial charge in [-0.2, -0.15) is 0 Å². The van der Waals surface area contributed by atoms with E-state index in [2.05, 4.69) is 26.6 Å². The van der Waals surface area contributed by atoms with Gasteiger partial charge in [0, 0.05) is 40.2 Å². The summed E-state index contributed by atoms with van der Waals surface area (Å²) >= 11 is 5.13. The Kier molecular flexibility index (Phi) is 7.85. The Morgan fingerprint density at radius 1 is 0.917 bits per heavy atom. The summed E-state index contributed by atoms with van der Waals surface area (Å²) in [6, 6.07) is 17.0.